The summed E-state index contributed by atoms with van der Waals surface area (Å²) in [6.45, 7) is 10.4. The molecule has 0 heterocycles. The molecule has 79 heavy (non-hydrogen) atoms. The van der Waals surface area contributed by atoms with E-state index in [2.05, 4.69) is 270 Å². The van der Waals surface area contributed by atoms with E-state index >= 15 is 0 Å². The monoisotopic (exact) mass is 1160 g/mol. The van der Waals surface area contributed by atoms with Crippen LogP contribution in [0.15, 0.2) is 243 Å². The number of hydrogen-bond acceptors (Lipinski definition) is 2. The van der Waals surface area contributed by atoms with Crippen LogP contribution < -0.4 is 42.4 Å². The molecule has 2 saturated carbocycles. The smallest absolute Gasteiger partial charge is 0.396 e. The van der Waals surface area contributed by atoms with E-state index in [-0.39, 0.29) is 56.0 Å². The molecular weight excluding hydrogens is 1080 g/mol. The summed E-state index contributed by atoms with van der Waals surface area (Å²) < 4.78 is 0. The Morgan fingerprint density at radius 1 is 0.304 bits per heavy atom. The van der Waals surface area contributed by atoms with Gasteiger partial charge in [-0.1, -0.05) is 270 Å². The first-order chi connectivity index (χ1) is 37.2. The van der Waals surface area contributed by atoms with Crippen LogP contribution in [0.1, 0.15) is 79.1 Å². The first kappa shape index (κ1) is 64.1. The van der Waals surface area contributed by atoms with Gasteiger partial charge in [-0.15, -0.1) is 0 Å². The van der Waals surface area contributed by atoms with Gasteiger partial charge in [-0.25, -0.2) is 0 Å². The Labute approximate surface area is 493 Å². The average Bonchev–Trinajstić information content (AvgIpc) is 4.24. The Kier molecular flexibility index (Phi) is 25.5. The molecule has 4 unspecified atom stereocenters. The van der Waals surface area contributed by atoms with Crippen LogP contribution in [0, 0.1) is 37.5 Å². The Bertz CT molecular complexity index is 2360. The van der Waals surface area contributed by atoms with Gasteiger partial charge in [-0.3, -0.25) is 0 Å². The number of hydrogen-bond donors (Lipinski definition) is 2. The van der Waals surface area contributed by atoms with Gasteiger partial charge in [0.1, 0.15) is 0 Å². The molecule has 0 amide bonds. The van der Waals surface area contributed by atoms with Gasteiger partial charge in [0.15, 0.2) is 0 Å². The summed E-state index contributed by atoms with van der Waals surface area (Å²) in [5.41, 5.74) is 2.80. The Balaban J connectivity index is 0.000000246. The van der Waals surface area contributed by atoms with Gasteiger partial charge >= 0.3 is 17.1 Å². The molecule has 0 aromatic heterocycles. The normalized spacial score (nSPS) is 19.0. The molecule has 0 radical (unpaired) electrons. The molecule has 4 atom stereocenters. The third-order valence-corrected chi connectivity index (χ3v) is 29.0. The molecule has 2 N–H and O–H groups in total. The Morgan fingerprint density at radius 2 is 0.456 bits per heavy atom. The zero-order valence-corrected chi connectivity index (χ0v) is 52.3. The second-order valence-electron chi connectivity index (χ2n) is 22.4. The van der Waals surface area contributed by atoms with Crippen molar-refractivity contribution in [2.75, 3.05) is 13.2 Å². The molecule has 8 aromatic carbocycles. The van der Waals surface area contributed by atoms with Crippen molar-refractivity contribution in [3.8, 4) is 0 Å². The van der Waals surface area contributed by atoms with Gasteiger partial charge < -0.3 is 25.1 Å². The van der Waals surface area contributed by atoms with Crippen molar-refractivity contribution >= 4 is 74.1 Å². The zero-order valence-electron chi connectivity index (χ0n) is 47.7. The molecule has 0 saturated heterocycles. The maximum atomic E-state index is 9.65. The minimum atomic E-state index is -0.524. The van der Waals surface area contributed by atoms with Gasteiger partial charge in [0.25, 0.3) is 0 Å². The quantitative estimate of drug-likeness (QED) is 0.0454. The summed E-state index contributed by atoms with van der Waals surface area (Å²) in [7, 11) is -2.10. The van der Waals surface area contributed by atoms with Gasteiger partial charge in [0.05, 0.1) is 0 Å². The van der Waals surface area contributed by atoms with Crippen molar-refractivity contribution in [2.24, 2.45) is 22.7 Å². The second-order valence-corrected chi connectivity index (χ2v) is 32.1. The van der Waals surface area contributed by atoms with E-state index in [4.69, 9.17) is 0 Å². The van der Waals surface area contributed by atoms with Gasteiger partial charge in [-0.05, 0) is 171 Å². The minimum absolute atomic E-state index is 0. The van der Waals surface area contributed by atoms with Crippen LogP contribution in [0.25, 0.3) is 0 Å². The van der Waals surface area contributed by atoms with Crippen molar-refractivity contribution in [3.05, 3.63) is 258 Å². The predicted octanol–water partition coefficient (Wildman–Crippen LogP) is 15.3. The molecule has 2 aliphatic rings. The van der Waals surface area contributed by atoms with E-state index in [1.54, 1.807) is 0 Å². The molecule has 10 rings (SSSR count). The maximum absolute atomic E-state index is 9.65. The molecule has 0 bridgehead atoms. The van der Waals surface area contributed by atoms with Crippen LogP contribution in [-0.2, 0) is 17.1 Å². The molecule has 0 aliphatic heterocycles. The molecule has 414 valence electrons. The van der Waals surface area contributed by atoms with E-state index in [0.717, 1.165) is 25.7 Å². The SMILES string of the molecule is CC(C)(CCCO)C1CC(P(c2ccccc2)c2ccccc2)C(P(c2ccccc2)c2ccccc2)C1.CC(C)(CCCO)C1CC(P(c2ccccc2)c2ccccc2)C(P(c2ccccc2)c2ccccc2)C1.[CH3-].[CH3-].[Fe+2]. The maximum Gasteiger partial charge on any atom is 2.00 e. The fraction of sp³-hybridized carbons (Fsp3) is 0.306. The van der Waals surface area contributed by atoms with Crippen LogP contribution in [0.2, 0.25) is 0 Å². The van der Waals surface area contributed by atoms with Gasteiger partial charge in [0.2, 0.25) is 0 Å². The molecule has 2 nitrogen and oxygen atoms in total. The fourth-order valence-electron chi connectivity index (χ4n) is 12.7. The number of aliphatic hydroxyl groups excluding tert-OH is 2. The van der Waals surface area contributed by atoms with Crippen LogP contribution in [0.4, 0.5) is 0 Å². The standard InChI is InChI=1S/2C35H40OP2.2CH3.Fe/c2*1-35(2,24-15-25-36)28-26-33(37(29-16-7-3-8-17-29)30-18-9-4-10-19-30)34(27-28)38(31-20-11-5-12-21-31)32-22-13-6-14-23-32;;;/h2*3-14,16-23,28,33-34,36H,15,24-27H2,1-2H3;2*1H3;/q;;2*-1;+2. The Hall–Kier alpha value is -4.08. The summed E-state index contributed by atoms with van der Waals surface area (Å²) in [5, 5.41) is 31.3. The predicted molar refractivity (Wildman–Crippen MR) is 350 cm³/mol. The topological polar surface area (TPSA) is 40.5 Å². The van der Waals surface area contributed by atoms with Crippen LogP contribution >= 0.6 is 31.7 Å². The summed E-state index contributed by atoms with van der Waals surface area (Å²) in [6, 6.07) is 90.6. The third kappa shape index (κ3) is 16.1. The fourth-order valence-corrected chi connectivity index (χ4v) is 26.2. The summed E-state index contributed by atoms with van der Waals surface area (Å²) in [5.74, 6) is 1.28. The number of rotatable bonds is 20. The van der Waals surface area contributed by atoms with Crippen molar-refractivity contribution < 1.29 is 27.3 Å². The largest absolute Gasteiger partial charge is 2.00 e. The van der Waals surface area contributed by atoms with E-state index in [1.165, 1.54) is 68.1 Å². The van der Waals surface area contributed by atoms with Crippen molar-refractivity contribution in [1.82, 2.24) is 0 Å². The van der Waals surface area contributed by atoms with E-state index in [1.807, 2.05) is 0 Å². The molecular formula is C72H86FeO2P4. The molecule has 0 spiro atoms. The van der Waals surface area contributed by atoms with E-state index in [0.29, 0.717) is 34.5 Å². The van der Waals surface area contributed by atoms with Crippen molar-refractivity contribution in [2.45, 2.75) is 102 Å². The third-order valence-electron chi connectivity index (χ3n) is 16.8. The number of aliphatic hydroxyl groups is 2. The number of benzene rings is 8. The van der Waals surface area contributed by atoms with Gasteiger partial charge in [0, 0.05) is 13.2 Å². The molecule has 2 fully saturated rings. The first-order valence-corrected chi connectivity index (χ1v) is 33.6. The Morgan fingerprint density at radius 3 is 0.595 bits per heavy atom. The zero-order chi connectivity index (χ0) is 52.7. The summed E-state index contributed by atoms with van der Waals surface area (Å²) >= 11 is 0. The first-order valence-electron chi connectivity index (χ1n) is 28.0. The summed E-state index contributed by atoms with van der Waals surface area (Å²) in [6.07, 6.45) is 8.92. The van der Waals surface area contributed by atoms with Gasteiger partial charge in [-0.2, -0.15) is 0 Å². The molecule has 8 aromatic rings. The van der Waals surface area contributed by atoms with Crippen LogP contribution in [0.5, 0.6) is 0 Å². The van der Waals surface area contributed by atoms with Crippen LogP contribution in [0.3, 0.4) is 0 Å². The van der Waals surface area contributed by atoms with E-state index < -0.39 is 31.7 Å². The average molecular weight is 1160 g/mol. The van der Waals surface area contributed by atoms with E-state index in [9.17, 15) is 10.2 Å². The van der Waals surface area contributed by atoms with Crippen LogP contribution in [-0.4, -0.2) is 46.1 Å². The molecule has 2 aliphatic carbocycles. The summed E-state index contributed by atoms with van der Waals surface area (Å²) in [4.78, 5) is 0. The minimum Gasteiger partial charge on any atom is -0.396 e. The molecule has 7 heteroatoms. The van der Waals surface area contributed by atoms with Crippen molar-refractivity contribution in [1.29, 1.82) is 0 Å². The second kappa shape index (κ2) is 31.4. The van der Waals surface area contributed by atoms with Crippen molar-refractivity contribution in [3.63, 3.8) is 0 Å².